The summed E-state index contributed by atoms with van der Waals surface area (Å²) < 4.78 is 5.57. The van der Waals surface area contributed by atoms with Gasteiger partial charge in [0, 0.05) is 5.56 Å². The minimum absolute atomic E-state index is 0.369. The summed E-state index contributed by atoms with van der Waals surface area (Å²) in [4.78, 5) is 11.0. The molecule has 0 atom stereocenters. The van der Waals surface area contributed by atoms with E-state index in [1.54, 1.807) is 36.4 Å². The quantitative estimate of drug-likeness (QED) is 0.906. The standard InChI is InChI=1S/C15H12N2O2/c16-9-11-4-6-12(7-5-11)10-19-14-3-1-2-13(8-14)15(17)18/h1-8H,10H2,(H2,17,18). The minimum Gasteiger partial charge on any atom is -0.489 e. The van der Waals surface area contributed by atoms with Crippen LogP contribution >= 0.6 is 0 Å². The van der Waals surface area contributed by atoms with Crippen LogP contribution in [0.3, 0.4) is 0 Å². The second-order valence-corrected chi connectivity index (χ2v) is 3.99. The van der Waals surface area contributed by atoms with E-state index in [-0.39, 0.29) is 0 Å². The fourth-order valence-corrected chi connectivity index (χ4v) is 1.58. The summed E-state index contributed by atoms with van der Waals surface area (Å²) in [6.07, 6.45) is 0. The number of benzene rings is 2. The maximum absolute atomic E-state index is 11.0. The number of rotatable bonds is 4. The molecule has 0 aliphatic rings. The lowest BCUT2D eigenvalue weighted by Gasteiger charge is -2.07. The number of ether oxygens (including phenoxy) is 1. The van der Waals surface area contributed by atoms with E-state index in [0.29, 0.717) is 23.5 Å². The molecule has 1 amide bonds. The summed E-state index contributed by atoms with van der Waals surface area (Å²) in [5.41, 5.74) is 7.17. The van der Waals surface area contributed by atoms with Gasteiger partial charge in [0.05, 0.1) is 11.6 Å². The van der Waals surface area contributed by atoms with Crippen LogP contribution in [0, 0.1) is 11.3 Å². The SMILES string of the molecule is N#Cc1ccc(COc2cccc(C(N)=O)c2)cc1. The first-order chi connectivity index (χ1) is 9.19. The number of carbonyl (C=O) groups excluding carboxylic acids is 1. The Labute approximate surface area is 111 Å². The Kier molecular flexibility index (Phi) is 3.79. The molecule has 4 nitrogen and oxygen atoms in total. The topological polar surface area (TPSA) is 76.1 Å². The monoisotopic (exact) mass is 252 g/mol. The van der Waals surface area contributed by atoms with Crippen molar-refractivity contribution in [2.75, 3.05) is 0 Å². The third kappa shape index (κ3) is 3.33. The summed E-state index contributed by atoms with van der Waals surface area (Å²) in [6.45, 7) is 0.369. The average Bonchev–Trinajstić information content (AvgIpc) is 2.46. The second kappa shape index (κ2) is 5.69. The fraction of sp³-hybridized carbons (Fsp3) is 0.0667. The lowest BCUT2D eigenvalue weighted by atomic mass is 10.1. The van der Waals surface area contributed by atoms with Crippen LogP contribution in [-0.2, 0) is 6.61 Å². The van der Waals surface area contributed by atoms with Crippen molar-refractivity contribution in [1.29, 1.82) is 5.26 Å². The van der Waals surface area contributed by atoms with E-state index < -0.39 is 5.91 Å². The summed E-state index contributed by atoms with van der Waals surface area (Å²) >= 11 is 0. The van der Waals surface area contributed by atoms with Gasteiger partial charge in [-0.15, -0.1) is 0 Å². The predicted octanol–water partition coefficient (Wildman–Crippen LogP) is 2.24. The highest BCUT2D eigenvalue weighted by molar-refractivity contribution is 5.93. The highest BCUT2D eigenvalue weighted by Gasteiger charge is 2.02. The van der Waals surface area contributed by atoms with Gasteiger partial charge in [-0.3, -0.25) is 4.79 Å². The smallest absolute Gasteiger partial charge is 0.248 e. The summed E-state index contributed by atoms with van der Waals surface area (Å²) in [5, 5.41) is 8.69. The van der Waals surface area contributed by atoms with Crippen molar-refractivity contribution >= 4 is 5.91 Å². The van der Waals surface area contributed by atoms with E-state index in [1.165, 1.54) is 0 Å². The lowest BCUT2D eigenvalue weighted by Crippen LogP contribution is -2.10. The Morgan fingerprint density at radius 3 is 2.58 bits per heavy atom. The van der Waals surface area contributed by atoms with Gasteiger partial charge in [0.25, 0.3) is 0 Å². The van der Waals surface area contributed by atoms with Crippen molar-refractivity contribution in [1.82, 2.24) is 0 Å². The molecule has 0 saturated heterocycles. The van der Waals surface area contributed by atoms with Crippen LogP contribution in [0.5, 0.6) is 5.75 Å². The van der Waals surface area contributed by atoms with E-state index in [2.05, 4.69) is 6.07 Å². The largest absolute Gasteiger partial charge is 0.489 e. The fourth-order valence-electron chi connectivity index (χ4n) is 1.58. The van der Waals surface area contributed by atoms with Gasteiger partial charge >= 0.3 is 0 Å². The van der Waals surface area contributed by atoms with Gasteiger partial charge in [0.2, 0.25) is 5.91 Å². The number of nitriles is 1. The molecular weight excluding hydrogens is 240 g/mol. The van der Waals surface area contributed by atoms with Gasteiger partial charge in [-0.1, -0.05) is 18.2 Å². The van der Waals surface area contributed by atoms with E-state index in [1.807, 2.05) is 12.1 Å². The summed E-state index contributed by atoms with van der Waals surface area (Å²) in [7, 11) is 0. The maximum atomic E-state index is 11.0. The molecule has 0 bridgehead atoms. The van der Waals surface area contributed by atoms with Crippen LogP contribution in [0.25, 0.3) is 0 Å². The Morgan fingerprint density at radius 1 is 1.21 bits per heavy atom. The number of hydrogen-bond acceptors (Lipinski definition) is 3. The van der Waals surface area contributed by atoms with Crippen molar-refractivity contribution in [2.24, 2.45) is 5.73 Å². The number of primary amides is 1. The Morgan fingerprint density at radius 2 is 1.95 bits per heavy atom. The molecule has 94 valence electrons. The molecule has 2 rings (SSSR count). The number of nitrogens with two attached hydrogens (primary N) is 1. The van der Waals surface area contributed by atoms with Crippen molar-refractivity contribution in [3.63, 3.8) is 0 Å². The first-order valence-electron chi connectivity index (χ1n) is 5.71. The predicted molar refractivity (Wildman–Crippen MR) is 70.4 cm³/mol. The van der Waals surface area contributed by atoms with Crippen LogP contribution in [0.4, 0.5) is 0 Å². The number of carbonyl (C=O) groups is 1. The molecule has 2 aromatic carbocycles. The molecule has 0 fully saturated rings. The molecule has 0 aliphatic carbocycles. The maximum Gasteiger partial charge on any atom is 0.248 e. The van der Waals surface area contributed by atoms with Crippen molar-refractivity contribution in [2.45, 2.75) is 6.61 Å². The molecule has 0 aromatic heterocycles. The molecule has 0 aliphatic heterocycles. The van der Waals surface area contributed by atoms with Crippen LogP contribution in [0.15, 0.2) is 48.5 Å². The van der Waals surface area contributed by atoms with E-state index >= 15 is 0 Å². The molecule has 0 unspecified atom stereocenters. The minimum atomic E-state index is -0.483. The zero-order valence-electron chi connectivity index (χ0n) is 10.2. The molecule has 4 heteroatoms. The average molecular weight is 252 g/mol. The van der Waals surface area contributed by atoms with Crippen LogP contribution in [0.1, 0.15) is 21.5 Å². The van der Waals surface area contributed by atoms with Crippen LogP contribution in [-0.4, -0.2) is 5.91 Å². The highest BCUT2D eigenvalue weighted by Crippen LogP contribution is 2.15. The Bertz CT molecular complexity index is 627. The first-order valence-corrected chi connectivity index (χ1v) is 5.71. The third-order valence-corrected chi connectivity index (χ3v) is 2.61. The van der Waals surface area contributed by atoms with Gasteiger partial charge < -0.3 is 10.5 Å². The molecule has 0 radical (unpaired) electrons. The van der Waals surface area contributed by atoms with E-state index in [0.717, 1.165) is 5.56 Å². The molecule has 2 N–H and O–H groups in total. The van der Waals surface area contributed by atoms with Crippen LogP contribution < -0.4 is 10.5 Å². The zero-order chi connectivity index (χ0) is 13.7. The van der Waals surface area contributed by atoms with E-state index in [4.69, 9.17) is 15.7 Å². The zero-order valence-corrected chi connectivity index (χ0v) is 10.2. The van der Waals surface area contributed by atoms with Crippen molar-refractivity contribution in [3.05, 3.63) is 65.2 Å². The highest BCUT2D eigenvalue weighted by atomic mass is 16.5. The molecule has 0 saturated carbocycles. The Balaban J connectivity index is 2.03. The molecule has 2 aromatic rings. The van der Waals surface area contributed by atoms with Gasteiger partial charge in [0.15, 0.2) is 0 Å². The molecule has 19 heavy (non-hydrogen) atoms. The van der Waals surface area contributed by atoms with Gasteiger partial charge in [-0.2, -0.15) is 5.26 Å². The number of hydrogen-bond donors (Lipinski definition) is 1. The summed E-state index contributed by atoms with van der Waals surface area (Å²) in [5.74, 6) is 0.101. The van der Waals surface area contributed by atoms with Gasteiger partial charge in [-0.25, -0.2) is 0 Å². The first kappa shape index (κ1) is 12.7. The van der Waals surface area contributed by atoms with Crippen molar-refractivity contribution in [3.8, 4) is 11.8 Å². The second-order valence-electron chi connectivity index (χ2n) is 3.99. The molecular formula is C15H12N2O2. The van der Waals surface area contributed by atoms with E-state index in [9.17, 15) is 4.79 Å². The molecule has 0 spiro atoms. The number of amides is 1. The van der Waals surface area contributed by atoms with Crippen molar-refractivity contribution < 1.29 is 9.53 Å². The van der Waals surface area contributed by atoms with Gasteiger partial charge in [0.1, 0.15) is 12.4 Å². The normalized spacial score (nSPS) is 9.63. The van der Waals surface area contributed by atoms with Gasteiger partial charge in [-0.05, 0) is 35.9 Å². The Hall–Kier alpha value is -2.80. The number of nitrogens with zero attached hydrogens (tertiary/aromatic N) is 1. The molecule has 0 heterocycles. The van der Waals surface area contributed by atoms with Crippen LogP contribution in [0.2, 0.25) is 0 Å². The lowest BCUT2D eigenvalue weighted by molar-refractivity contribution is 0.1000. The third-order valence-electron chi connectivity index (χ3n) is 2.61. The summed E-state index contributed by atoms with van der Waals surface area (Å²) in [6, 6.07) is 15.9.